The standard InChI is InChI=1S/C26H38N2O2/c1-2-3-4-6-9-19-30-25-20-27-26(28-21-25)23-14-16-24(17-15-23)29-18-10-7-5-8-11-22-12-13-22/h14-17,20-22H,2-13,18-19H2,1H3. The molecule has 0 unspecified atom stereocenters. The smallest absolute Gasteiger partial charge is 0.159 e. The number of aromatic nitrogens is 2. The van der Waals surface area contributed by atoms with Crippen LogP contribution in [-0.2, 0) is 0 Å². The van der Waals surface area contributed by atoms with Crippen LogP contribution in [0.25, 0.3) is 11.4 Å². The van der Waals surface area contributed by atoms with Gasteiger partial charge in [-0.2, -0.15) is 0 Å². The molecule has 1 heterocycles. The highest BCUT2D eigenvalue weighted by molar-refractivity contribution is 5.56. The van der Waals surface area contributed by atoms with Gasteiger partial charge in [0.1, 0.15) is 5.75 Å². The molecule has 1 aromatic carbocycles. The molecular formula is C26H38N2O2. The molecule has 1 aromatic heterocycles. The van der Waals surface area contributed by atoms with Gasteiger partial charge in [0, 0.05) is 5.56 Å². The summed E-state index contributed by atoms with van der Waals surface area (Å²) in [5.74, 6) is 3.44. The molecular weight excluding hydrogens is 372 g/mol. The first-order chi connectivity index (χ1) is 14.8. The molecule has 0 radical (unpaired) electrons. The molecule has 1 fully saturated rings. The fraction of sp³-hybridized carbons (Fsp3) is 0.615. The van der Waals surface area contributed by atoms with E-state index in [2.05, 4.69) is 16.9 Å². The Bertz CT molecular complexity index is 696. The Balaban J connectivity index is 1.31. The average Bonchev–Trinajstić information content (AvgIpc) is 3.61. The number of hydrogen-bond acceptors (Lipinski definition) is 4. The molecule has 2 aromatic rings. The first-order valence-corrected chi connectivity index (χ1v) is 12.0. The van der Waals surface area contributed by atoms with Gasteiger partial charge >= 0.3 is 0 Å². The SMILES string of the molecule is CCCCCCCOc1cnc(-c2ccc(OCCCCCCC3CC3)cc2)nc1. The largest absolute Gasteiger partial charge is 0.494 e. The van der Waals surface area contributed by atoms with Crippen molar-refractivity contribution < 1.29 is 9.47 Å². The highest BCUT2D eigenvalue weighted by Gasteiger charge is 2.19. The van der Waals surface area contributed by atoms with Crippen LogP contribution in [0.4, 0.5) is 0 Å². The van der Waals surface area contributed by atoms with Crippen molar-refractivity contribution in [1.29, 1.82) is 0 Å². The summed E-state index contributed by atoms with van der Waals surface area (Å²) in [4.78, 5) is 8.90. The van der Waals surface area contributed by atoms with Crippen molar-refractivity contribution in [3.8, 4) is 22.9 Å². The first kappa shape index (κ1) is 22.6. The van der Waals surface area contributed by atoms with Gasteiger partial charge in [0.15, 0.2) is 11.6 Å². The molecule has 164 valence electrons. The molecule has 0 N–H and O–H groups in total. The predicted octanol–water partition coefficient (Wildman–Crippen LogP) is 7.23. The molecule has 0 aliphatic heterocycles. The van der Waals surface area contributed by atoms with E-state index in [1.54, 1.807) is 12.4 Å². The van der Waals surface area contributed by atoms with E-state index in [0.29, 0.717) is 5.82 Å². The molecule has 4 heteroatoms. The second kappa shape index (κ2) is 13.3. The molecule has 1 aliphatic rings. The third-order valence-electron chi connectivity index (χ3n) is 5.73. The van der Waals surface area contributed by atoms with Gasteiger partial charge in [-0.05, 0) is 43.0 Å². The summed E-state index contributed by atoms with van der Waals surface area (Å²) in [6.45, 7) is 3.76. The lowest BCUT2D eigenvalue weighted by Gasteiger charge is -2.08. The maximum absolute atomic E-state index is 5.87. The van der Waals surface area contributed by atoms with Gasteiger partial charge in [-0.15, -0.1) is 0 Å². The Labute approximate surface area is 182 Å². The van der Waals surface area contributed by atoms with E-state index >= 15 is 0 Å². The zero-order valence-electron chi connectivity index (χ0n) is 18.7. The number of rotatable bonds is 16. The molecule has 4 nitrogen and oxygen atoms in total. The Morgan fingerprint density at radius 1 is 0.733 bits per heavy atom. The predicted molar refractivity (Wildman–Crippen MR) is 123 cm³/mol. The van der Waals surface area contributed by atoms with Crippen molar-refractivity contribution in [2.24, 2.45) is 5.92 Å². The molecule has 30 heavy (non-hydrogen) atoms. The third-order valence-corrected chi connectivity index (χ3v) is 5.73. The van der Waals surface area contributed by atoms with Gasteiger partial charge < -0.3 is 9.47 Å². The highest BCUT2D eigenvalue weighted by Crippen LogP contribution is 2.34. The third kappa shape index (κ3) is 8.73. The fourth-order valence-electron chi connectivity index (χ4n) is 3.62. The van der Waals surface area contributed by atoms with Gasteiger partial charge in [-0.25, -0.2) is 9.97 Å². The summed E-state index contributed by atoms with van der Waals surface area (Å²) >= 11 is 0. The zero-order valence-corrected chi connectivity index (χ0v) is 18.7. The normalized spacial score (nSPS) is 13.4. The zero-order chi connectivity index (χ0) is 20.9. The molecule has 0 bridgehead atoms. The molecule has 1 aliphatic carbocycles. The van der Waals surface area contributed by atoms with Gasteiger partial charge in [0.05, 0.1) is 25.6 Å². The van der Waals surface area contributed by atoms with Crippen molar-refractivity contribution in [2.75, 3.05) is 13.2 Å². The van der Waals surface area contributed by atoms with E-state index in [-0.39, 0.29) is 0 Å². The van der Waals surface area contributed by atoms with Crippen LogP contribution < -0.4 is 9.47 Å². The Morgan fingerprint density at radius 3 is 1.97 bits per heavy atom. The van der Waals surface area contributed by atoms with E-state index < -0.39 is 0 Å². The summed E-state index contributed by atoms with van der Waals surface area (Å²) < 4.78 is 11.6. The monoisotopic (exact) mass is 410 g/mol. The minimum atomic E-state index is 0.715. The topological polar surface area (TPSA) is 44.2 Å². The van der Waals surface area contributed by atoms with Crippen LogP contribution in [0.1, 0.15) is 84.0 Å². The molecule has 0 amide bonds. The van der Waals surface area contributed by atoms with Crippen LogP contribution in [-0.4, -0.2) is 23.2 Å². The van der Waals surface area contributed by atoms with Crippen LogP contribution in [0.2, 0.25) is 0 Å². The number of ether oxygens (including phenoxy) is 2. The average molecular weight is 411 g/mol. The first-order valence-electron chi connectivity index (χ1n) is 12.0. The second-order valence-corrected chi connectivity index (χ2v) is 8.52. The van der Waals surface area contributed by atoms with Crippen molar-refractivity contribution >= 4 is 0 Å². The Morgan fingerprint density at radius 2 is 1.33 bits per heavy atom. The van der Waals surface area contributed by atoms with Crippen molar-refractivity contribution in [3.63, 3.8) is 0 Å². The van der Waals surface area contributed by atoms with Crippen LogP contribution >= 0.6 is 0 Å². The molecule has 3 rings (SSSR count). The van der Waals surface area contributed by atoms with E-state index in [0.717, 1.165) is 49.0 Å². The summed E-state index contributed by atoms with van der Waals surface area (Å²) in [5, 5.41) is 0. The maximum atomic E-state index is 5.87. The van der Waals surface area contributed by atoms with Crippen LogP contribution in [0, 0.1) is 5.92 Å². The van der Waals surface area contributed by atoms with Crippen LogP contribution in [0.15, 0.2) is 36.7 Å². The highest BCUT2D eigenvalue weighted by atomic mass is 16.5. The molecule has 0 saturated heterocycles. The van der Waals surface area contributed by atoms with Gasteiger partial charge in [-0.1, -0.05) is 71.1 Å². The quantitative estimate of drug-likeness (QED) is 0.274. The lowest BCUT2D eigenvalue weighted by Crippen LogP contribution is -1.99. The number of nitrogens with zero attached hydrogens (tertiary/aromatic N) is 2. The van der Waals surface area contributed by atoms with Crippen molar-refractivity contribution in [3.05, 3.63) is 36.7 Å². The lowest BCUT2D eigenvalue weighted by atomic mass is 10.1. The number of unbranched alkanes of at least 4 members (excludes halogenated alkanes) is 7. The van der Waals surface area contributed by atoms with E-state index in [1.165, 1.54) is 64.2 Å². The molecule has 1 saturated carbocycles. The van der Waals surface area contributed by atoms with Crippen LogP contribution in [0.3, 0.4) is 0 Å². The Kier molecular flexibility index (Phi) is 9.98. The number of benzene rings is 1. The van der Waals surface area contributed by atoms with E-state index in [9.17, 15) is 0 Å². The van der Waals surface area contributed by atoms with Crippen molar-refractivity contribution in [2.45, 2.75) is 84.0 Å². The summed E-state index contributed by atoms with van der Waals surface area (Å²) in [5.41, 5.74) is 0.994. The van der Waals surface area contributed by atoms with Gasteiger partial charge in [-0.3, -0.25) is 0 Å². The summed E-state index contributed by atoms with van der Waals surface area (Å²) in [6.07, 6.45) is 19.2. The minimum Gasteiger partial charge on any atom is -0.494 e. The number of hydrogen-bond donors (Lipinski definition) is 0. The Hall–Kier alpha value is -2.10. The lowest BCUT2D eigenvalue weighted by molar-refractivity contribution is 0.302. The molecule has 0 atom stereocenters. The van der Waals surface area contributed by atoms with Gasteiger partial charge in [0.2, 0.25) is 0 Å². The van der Waals surface area contributed by atoms with E-state index in [1.807, 2.05) is 24.3 Å². The fourth-order valence-corrected chi connectivity index (χ4v) is 3.62. The summed E-state index contributed by atoms with van der Waals surface area (Å²) in [6, 6.07) is 8.06. The minimum absolute atomic E-state index is 0.715. The van der Waals surface area contributed by atoms with Crippen molar-refractivity contribution in [1.82, 2.24) is 9.97 Å². The second-order valence-electron chi connectivity index (χ2n) is 8.52. The van der Waals surface area contributed by atoms with E-state index in [4.69, 9.17) is 9.47 Å². The molecule has 0 spiro atoms. The maximum Gasteiger partial charge on any atom is 0.159 e. The van der Waals surface area contributed by atoms with Crippen LogP contribution in [0.5, 0.6) is 11.5 Å². The van der Waals surface area contributed by atoms with Gasteiger partial charge in [0.25, 0.3) is 0 Å². The summed E-state index contributed by atoms with van der Waals surface area (Å²) in [7, 11) is 0.